The fraction of sp³-hybridized carbons (Fsp3) is 0.424. The van der Waals surface area contributed by atoms with Gasteiger partial charge in [0.1, 0.15) is 11.6 Å². The molecule has 1 saturated heterocycles. The van der Waals surface area contributed by atoms with E-state index in [0.717, 1.165) is 40.9 Å². The highest BCUT2D eigenvalue weighted by atomic mass is 32.1. The van der Waals surface area contributed by atoms with E-state index in [0.29, 0.717) is 42.1 Å². The van der Waals surface area contributed by atoms with Crippen molar-refractivity contribution >= 4 is 40.1 Å². The molecule has 44 heavy (non-hydrogen) atoms. The topological polar surface area (TPSA) is 129 Å². The van der Waals surface area contributed by atoms with Crippen molar-refractivity contribution in [3.8, 4) is 16.7 Å². The number of likely N-dealkylation sites (tertiary alicyclic amines) is 1. The number of amides is 2. The van der Waals surface area contributed by atoms with Crippen LogP contribution in [0.3, 0.4) is 0 Å². The van der Waals surface area contributed by atoms with Crippen LogP contribution in [0.5, 0.6) is 0 Å². The second-order valence-electron chi connectivity index (χ2n) is 12.7. The van der Waals surface area contributed by atoms with E-state index in [9.17, 15) is 14.9 Å². The molecule has 2 amide bonds. The third-order valence-electron chi connectivity index (χ3n) is 7.38. The number of benzene rings is 1. The maximum atomic E-state index is 13.5. The third-order valence-corrected chi connectivity index (χ3v) is 8.48. The number of nitrogens with one attached hydrogen (secondary N) is 2. The normalized spacial score (nSPS) is 15.7. The molecule has 1 fully saturated rings. The lowest BCUT2D eigenvalue weighted by Gasteiger charge is -2.26. The van der Waals surface area contributed by atoms with Gasteiger partial charge >= 0.3 is 0 Å². The number of fused-ring (bicyclic) bond motifs is 1. The number of rotatable bonds is 10. The van der Waals surface area contributed by atoms with Crippen molar-refractivity contribution in [2.45, 2.75) is 66.6 Å². The van der Waals surface area contributed by atoms with Gasteiger partial charge < -0.3 is 19.2 Å². The van der Waals surface area contributed by atoms with Crippen LogP contribution in [0.1, 0.15) is 62.7 Å². The molecule has 11 heteroatoms. The van der Waals surface area contributed by atoms with Gasteiger partial charge in [-0.3, -0.25) is 14.9 Å². The van der Waals surface area contributed by atoms with Crippen molar-refractivity contribution < 1.29 is 14.0 Å². The molecule has 10 nitrogen and oxygen atoms in total. The highest BCUT2D eigenvalue weighted by Gasteiger charge is 2.32. The Morgan fingerprint density at radius 2 is 2.07 bits per heavy atom. The van der Waals surface area contributed by atoms with Gasteiger partial charge in [-0.2, -0.15) is 5.26 Å². The van der Waals surface area contributed by atoms with Crippen molar-refractivity contribution in [1.29, 1.82) is 5.26 Å². The van der Waals surface area contributed by atoms with Gasteiger partial charge in [-0.1, -0.05) is 46.8 Å². The summed E-state index contributed by atoms with van der Waals surface area (Å²) in [6.45, 7) is 12.9. The molecule has 4 heterocycles. The predicted molar refractivity (Wildman–Crippen MR) is 172 cm³/mol. The zero-order chi connectivity index (χ0) is 31.4. The highest BCUT2D eigenvalue weighted by molar-refractivity contribution is 7.17. The first-order valence-electron chi connectivity index (χ1n) is 15.0. The van der Waals surface area contributed by atoms with E-state index in [1.807, 2.05) is 43.5 Å². The number of carbonyl (C=O) groups is 2. The summed E-state index contributed by atoms with van der Waals surface area (Å²) >= 11 is 1.31. The fourth-order valence-electron chi connectivity index (χ4n) is 5.40. The van der Waals surface area contributed by atoms with E-state index >= 15 is 0 Å². The summed E-state index contributed by atoms with van der Waals surface area (Å²) in [5.41, 5.74) is 2.59. The number of hydrogen-bond acceptors (Lipinski definition) is 8. The first kappa shape index (κ1) is 31.2. The lowest BCUT2D eigenvalue weighted by atomic mass is 9.93. The number of thiophene rings is 1. The Kier molecular flexibility index (Phi) is 9.32. The molecular formula is C33H39N7O3S. The van der Waals surface area contributed by atoms with Crippen LogP contribution in [0.25, 0.3) is 21.7 Å². The van der Waals surface area contributed by atoms with Crippen LogP contribution in [-0.4, -0.2) is 50.4 Å². The van der Waals surface area contributed by atoms with Crippen molar-refractivity contribution in [2.75, 3.05) is 18.4 Å². The standard InChI is InChI=1S/C33H39N7O3S/c1-21(2)16-35-17-22-8-9-26-25(13-22)37-32(38-30(41)29-11-10-28(44-29)27-18-36-20-43-27)40(26)19-24-7-6-12-39(24)31(42)23(15-34)14-33(3,4)5/h8-11,13-14,18,20-21,24,35H,6-7,12,16-17,19H2,1-5H3,(H,37,38,41)/t24-/m1/s1. The van der Waals surface area contributed by atoms with Crippen LogP contribution >= 0.6 is 11.3 Å². The second kappa shape index (κ2) is 13.2. The van der Waals surface area contributed by atoms with E-state index in [4.69, 9.17) is 9.40 Å². The summed E-state index contributed by atoms with van der Waals surface area (Å²) in [5, 5.41) is 16.3. The molecule has 0 unspecified atom stereocenters. The minimum Gasteiger partial charge on any atom is -0.443 e. The van der Waals surface area contributed by atoms with Crippen LogP contribution in [0.2, 0.25) is 0 Å². The van der Waals surface area contributed by atoms with Gasteiger partial charge in [0.25, 0.3) is 11.8 Å². The number of aromatic nitrogens is 3. The molecule has 1 aromatic carbocycles. The van der Waals surface area contributed by atoms with Crippen LogP contribution in [-0.2, 0) is 17.9 Å². The van der Waals surface area contributed by atoms with Gasteiger partial charge in [-0.05, 0) is 60.5 Å². The van der Waals surface area contributed by atoms with Crippen LogP contribution < -0.4 is 10.6 Å². The number of carbonyl (C=O) groups excluding carboxylic acids is 2. The molecule has 5 rings (SSSR count). The van der Waals surface area contributed by atoms with E-state index in [-0.39, 0.29) is 28.8 Å². The molecule has 4 aromatic rings. The summed E-state index contributed by atoms with van der Waals surface area (Å²) in [4.78, 5) is 38.9. The first-order valence-corrected chi connectivity index (χ1v) is 15.8. The molecule has 0 aliphatic carbocycles. The zero-order valence-electron chi connectivity index (χ0n) is 25.9. The maximum Gasteiger partial charge on any atom is 0.268 e. The van der Waals surface area contributed by atoms with Gasteiger partial charge in [-0.15, -0.1) is 11.3 Å². The summed E-state index contributed by atoms with van der Waals surface area (Å²) in [7, 11) is 0. The minimum absolute atomic E-state index is 0.153. The summed E-state index contributed by atoms with van der Waals surface area (Å²) < 4.78 is 7.37. The Morgan fingerprint density at radius 3 is 2.77 bits per heavy atom. The van der Waals surface area contributed by atoms with Crippen molar-refractivity contribution in [2.24, 2.45) is 11.3 Å². The van der Waals surface area contributed by atoms with E-state index < -0.39 is 0 Å². The summed E-state index contributed by atoms with van der Waals surface area (Å²) in [5.74, 6) is 1.02. The Bertz CT molecular complexity index is 1700. The number of nitrogens with zero attached hydrogens (tertiary/aromatic N) is 5. The lowest BCUT2D eigenvalue weighted by molar-refractivity contribution is -0.127. The zero-order valence-corrected chi connectivity index (χ0v) is 26.7. The molecule has 0 saturated carbocycles. The van der Waals surface area contributed by atoms with E-state index in [2.05, 4.69) is 41.6 Å². The molecule has 2 N–H and O–H groups in total. The van der Waals surface area contributed by atoms with E-state index in [1.165, 1.54) is 17.7 Å². The number of hydrogen-bond donors (Lipinski definition) is 2. The molecular weight excluding hydrogens is 574 g/mol. The number of anilines is 1. The van der Waals surface area contributed by atoms with Gasteiger partial charge in [0.05, 0.1) is 33.0 Å². The molecule has 0 spiro atoms. The molecule has 230 valence electrons. The molecule has 1 atom stereocenters. The smallest absolute Gasteiger partial charge is 0.268 e. The van der Waals surface area contributed by atoms with Crippen LogP contribution in [0, 0.1) is 22.7 Å². The number of nitriles is 1. The Morgan fingerprint density at radius 1 is 1.25 bits per heavy atom. The second-order valence-corrected chi connectivity index (χ2v) is 13.8. The minimum atomic E-state index is -0.301. The van der Waals surface area contributed by atoms with Crippen molar-refractivity contribution in [3.63, 3.8) is 0 Å². The highest BCUT2D eigenvalue weighted by Crippen LogP contribution is 2.30. The van der Waals surface area contributed by atoms with Crippen molar-refractivity contribution in [3.05, 3.63) is 65.0 Å². The summed E-state index contributed by atoms with van der Waals surface area (Å²) in [6.07, 6.45) is 6.34. The number of oxazole rings is 1. The molecule has 0 radical (unpaired) electrons. The molecule has 3 aromatic heterocycles. The Balaban J connectivity index is 1.45. The molecule has 0 bridgehead atoms. The van der Waals surface area contributed by atoms with Gasteiger partial charge in [0.15, 0.2) is 12.2 Å². The Hall–Kier alpha value is -4.27. The molecule has 1 aliphatic rings. The monoisotopic (exact) mass is 613 g/mol. The average molecular weight is 614 g/mol. The quantitative estimate of drug-likeness (QED) is 0.160. The van der Waals surface area contributed by atoms with Gasteiger partial charge in [-0.25, -0.2) is 9.97 Å². The van der Waals surface area contributed by atoms with Crippen molar-refractivity contribution in [1.82, 2.24) is 24.8 Å². The maximum absolute atomic E-state index is 13.5. The number of imidazole rings is 1. The van der Waals surface area contributed by atoms with Crippen LogP contribution in [0.4, 0.5) is 5.95 Å². The third kappa shape index (κ3) is 7.26. The van der Waals surface area contributed by atoms with Gasteiger partial charge in [0.2, 0.25) is 5.95 Å². The average Bonchev–Trinajstić information content (AvgIpc) is 3.78. The Labute approximate surface area is 261 Å². The number of allylic oxidation sites excluding steroid dienone is 1. The SMILES string of the molecule is CC(C)CNCc1ccc2c(c1)nc(NC(=O)c1ccc(-c3cnco3)s1)n2C[C@H]1CCCN1C(=O)C(C#N)=CC(C)(C)C. The lowest BCUT2D eigenvalue weighted by Crippen LogP contribution is -2.39. The summed E-state index contributed by atoms with van der Waals surface area (Å²) in [6, 6.07) is 11.7. The fourth-order valence-corrected chi connectivity index (χ4v) is 6.25. The van der Waals surface area contributed by atoms with Crippen LogP contribution in [0.15, 0.2) is 59.0 Å². The van der Waals surface area contributed by atoms with Gasteiger partial charge in [0, 0.05) is 19.6 Å². The van der Waals surface area contributed by atoms with E-state index in [1.54, 1.807) is 23.2 Å². The molecule has 1 aliphatic heterocycles. The predicted octanol–water partition coefficient (Wildman–Crippen LogP) is 6.24. The first-order chi connectivity index (χ1) is 21.0. The largest absolute Gasteiger partial charge is 0.443 e.